The molecule has 116 valence electrons. The number of nitrogens with one attached hydrogen (secondary N) is 1. The molecule has 1 saturated carbocycles. The molecule has 5 nitrogen and oxygen atoms in total. The number of carbonyl (C=O) groups excluding carboxylic acids is 2. The topological polar surface area (TPSA) is 64.6 Å². The molecule has 0 saturated heterocycles. The van der Waals surface area contributed by atoms with E-state index in [9.17, 15) is 9.59 Å². The third-order valence-electron chi connectivity index (χ3n) is 3.48. The molecular formula is C14H24ClNO4. The summed E-state index contributed by atoms with van der Waals surface area (Å²) < 4.78 is 10.2. The fraction of sp³-hybridized carbons (Fsp3) is 0.857. The van der Waals surface area contributed by atoms with Crippen LogP contribution in [0.15, 0.2) is 0 Å². The molecule has 2 atom stereocenters. The van der Waals surface area contributed by atoms with E-state index in [4.69, 9.17) is 21.1 Å². The van der Waals surface area contributed by atoms with Crippen LogP contribution in [0.1, 0.15) is 53.4 Å². The highest BCUT2D eigenvalue weighted by atomic mass is 35.5. The Hall–Kier alpha value is -0.970. The van der Waals surface area contributed by atoms with Crippen molar-refractivity contribution in [3.63, 3.8) is 0 Å². The summed E-state index contributed by atoms with van der Waals surface area (Å²) in [4.78, 5) is 23.9. The lowest BCUT2D eigenvalue weighted by Gasteiger charge is -2.40. The molecule has 20 heavy (non-hydrogen) atoms. The number of hydrogen-bond donors (Lipinski definition) is 1. The van der Waals surface area contributed by atoms with Gasteiger partial charge in [-0.05, 0) is 40.5 Å². The van der Waals surface area contributed by atoms with Crippen molar-refractivity contribution in [2.45, 2.75) is 64.5 Å². The molecule has 0 spiro atoms. The number of amides is 1. The van der Waals surface area contributed by atoms with Gasteiger partial charge in [0.25, 0.3) is 0 Å². The Morgan fingerprint density at radius 2 is 2.00 bits per heavy atom. The van der Waals surface area contributed by atoms with Gasteiger partial charge in [-0.25, -0.2) is 4.79 Å². The van der Waals surface area contributed by atoms with Gasteiger partial charge in [-0.3, -0.25) is 4.79 Å². The molecular weight excluding hydrogens is 282 g/mol. The molecule has 1 N–H and O–H groups in total. The van der Waals surface area contributed by atoms with Crippen LogP contribution in [0.4, 0.5) is 4.79 Å². The fourth-order valence-corrected chi connectivity index (χ4v) is 2.66. The Balaban J connectivity index is 2.75. The highest BCUT2D eigenvalue weighted by Crippen LogP contribution is 2.34. The predicted molar refractivity (Wildman–Crippen MR) is 76.5 cm³/mol. The minimum Gasteiger partial charge on any atom is -0.449 e. The van der Waals surface area contributed by atoms with Crippen LogP contribution in [0.2, 0.25) is 0 Å². The largest absolute Gasteiger partial charge is 0.449 e. The normalized spacial score (nSPS) is 26.8. The van der Waals surface area contributed by atoms with Crippen molar-refractivity contribution in [3.8, 4) is 0 Å². The highest BCUT2D eigenvalue weighted by molar-refractivity contribution is 6.17. The summed E-state index contributed by atoms with van der Waals surface area (Å²) in [6, 6.07) is -0.169. The Labute approximate surface area is 125 Å². The molecule has 0 aromatic heterocycles. The van der Waals surface area contributed by atoms with Gasteiger partial charge in [-0.2, -0.15) is 0 Å². The first-order valence-electron chi connectivity index (χ1n) is 6.92. The summed E-state index contributed by atoms with van der Waals surface area (Å²) in [5, 5.41) is 2.84. The van der Waals surface area contributed by atoms with Crippen molar-refractivity contribution in [3.05, 3.63) is 0 Å². The molecule has 2 unspecified atom stereocenters. The molecule has 1 amide bonds. The van der Waals surface area contributed by atoms with E-state index in [1.165, 1.54) is 0 Å². The van der Waals surface area contributed by atoms with Gasteiger partial charge in [-0.1, -0.05) is 24.4 Å². The molecule has 0 aromatic rings. The van der Waals surface area contributed by atoms with Gasteiger partial charge >= 0.3 is 12.1 Å². The Kier molecular flexibility index (Phi) is 5.68. The zero-order valence-electron chi connectivity index (χ0n) is 12.6. The number of esters is 1. The zero-order valence-corrected chi connectivity index (χ0v) is 13.4. The van der Waals surface area contributed by atoms with Gasteiger partial charge in [0.05, 0.1) is 11.5 Å². The number of rotatable bonds is 3. The summed E-state index contributed by atoms with van der Waals surface area (Å²) in [6.07, 6.45) is 2.78. The number of carbonyl (C=O) groups is 2. The highest BCUT2D eigenvalue weighted by Gasteiger charge is 2.43. The number of halogens is 1. The van der Waals surface area contributed by atoms with Crippen molar-refractivity contribution in [2.24, 2.45) is 5.92 Å². The number of hydrogen-bond acceptors (Lipinski definition) is 4. The molecule has 0 heterocycles. The minimum absolute atomic E-state index is 0.169. The van der Waals surface area contributed by atoms with Crippen LogP contribution >= 0.6 is 11.6 Å². The van der Waals surface area contributed by atoms with Crippen LogP contribution < -0.4 is 5.32 Å². The van der Waals surface area contributed by atoms with Crippen LogP contribution in [-0.2, 0) is 14.3 Å². The van der Waals surface area contributed by atoms with E-state index in [1.807, 2.05) is 6.92 Å². The maximum absolute atomic E-state index is 12.0. The number of alkyl halides is 1. The second-order valence-corrected chi connectivity index (χ2v) is 6.63. The minimum atomic E-state index is -0.649. The SMILES string of the molecule is CC(C)(C)OC(=O)NC1(C)CCCCC1C(=O)OCCl. The van der Waals surface area contributed by atoms with Crippen molar-refractivity contribution in [2.75, 3.05) is 6.07 Å². The summed E-state index contributed by atoms with van der Waals surface area (Å²) in [5.41, 5.74) is -1.22. The molecule has 0 aliphatic heterocycles. The van der Waals surface area contributed by atoms with E-state index in [2.05, 4.69) is 5.32 Å². The van der Waals surface area contributed by atoms with E-state index in [1.54, 1.807) is 20.8 Å². The fourth-order valence-electron chi connectivity index (χ4n) is 2.55. The standard InChI is InChI=1S/C14H24ClNO4/c1-13(2,3)20-12(18)16-14(4)8-6-5-7-10(14)11(17)19-9-15/h10H,5-9H2,1-4H3,(H,16,18). The average Bonchev–Trinajstić information content (AvgIpc) is 2.26. The molecule has 6 heteroatoms. The number of alkyl carbamates (subject to hydrolysis) is 1. The van der Waals surface area contributed by atoms with E-state index < -0.39 is 17.2 Å². The Bertz CT molecular complexity index is 367. The molecule has 1 fully saturated rings. The molecule has 0 bridgehead atoms. The lowest BCUT2D eigenvalue weighted by molar-refractivity contribution is -0.150. The summed E-state index contributed by atoms with van der Waals surface area (Å²) in [6.45, 7) is 7.26. The quantitative estimate of drug-likeness (QED) is 0.642. The van der Waals surface area contributed by atoms with E-state index >= 15 is 0 Å². The van der Waals surface area contributed by atoms with Crippen LogP contribution in [0.3, 0.4) is 0 Å². The molecule has 1 aliphatic carbocycles. The lowest BCUT2D eigenvalue weighted by atomic mass is 9.74. The van der Waals surface area contributed by atoms with Gasteiger partial charge in [0.2, 0.25) is 0 Å². The van der Waals surface area contributed by atoms with Gasteiger partial charge in [0.1, 0.15) is 5.60 Å². The smallest absolute Gasteiger partial charge is 0.408 e. The molecule has 0 aromatic carbocycles. The monoisotopic (exact) mass is 305 g/mol. The average molecular weight is 306 g/mol. The van der Waals surface area contributed by atoms with Crippen LogP contribution in [0.5, 0.6) is 0 Å². The number of ether oxygens (including phenoxy) is 2. The van der Waals surface area contributed by atoms with E-state index in [-0.39, 0.29) is 18.0 Å². The van der Waals surface area contributed by atoms with Crippen LogP contribution in [-0.4, -0.2) is 29.3 Å². The van der Waals surface area contributed by atoms with E-state index in [0.29, 0.717) is 12.8 Å². The lowest BCUT2D eigenvalue weighted by Crippen LogP contribution is -2.56. The third-order valence-corrected chi connectivity index (χ3v) is 3.58. The third kappa shape index (κ3) is 4.85. The maximum atomic E-state index is 12.0. The second-order valence-electron chi connectivity index (χ2n) is 6.42. The molecule has 1 rings (SSSR count). The summed E-state index contributed by atoms with van der Waals surface area (Å²) in [5.74, 6) is -0.749. The van der Waals surface area contributed by atoms with Crippen LogP contribution in [0.25, 0.3) is 0 Å². The van der Waals surface area contributed by atoms with Crippen molar-refractivity contribution in [1.29, 1.82) is 0 Å². The van der Waals surface area contributed by atoms with Crippen LogP contribution in [0, 0.1) is 5.92 Å². The van der Waals surface area contributed by atoms with Gasteiger partial charge in [0.15, 0.2) is 6.07 Å². The zero-order chi connectivity index (χ0) is 15.4. The van der Waals surface area contributed by atoms with Crippen molar-refractivity contribution in [1.82, 2.24) is 5.32 Å². The second kappa shape index (κ2) is 6.66. The van der Waals surface area contributed by atoms with E-state index in [0.717, 1.165) is 12.8 Å². The first-order chi connectivity index (χ1) is 9.18. The van der Waals surface area contributed by atoms with Gasteiger partial charge in [0, 0.05) is 0 Å². The van der Waals surface area contributed by atoms with Gasteiger partial charge in [-0.15, -0.1) is 0 Å². The molecule has 0 radical (unpaired) electrons. The summed E-state index contributed by atoms with van der Waals surface area (Å²) >= 11 is 5.45. The van der Waals surface area contributed by atoms with Gasteiger partial charge < -0.3 is 14.8 Å². The van der Waals surface area contributed by atoms with Crippen molar-refractivity contribution < 1.29 is 19.1 Å². The molecule has 1 aliphatic rings. The Morgan fingerprint density at radius 1 is 1.35 bits per heavy atom. The maximum Gasteiger partial charge on any atom is 0.408 e. The predicted octanol–water partition coefficient (Wildman–Crippen LogP) is 3.20. The Morgan fingerprint density at radius 3 is 2.55 bits per heavy atom. The first-order valence-corrected chi connectivity index (χ1v) is 7.45. The summed E-state index contributed by atoms with van der Waals surface area (Å²) in [7, 11) is 0. The van der Waals surface area contributed by atoms with Crippen molar-refractivity contribution >= 4 is 23.7 Å². The first kappa shape index (κ1) is 17.1.